The Bertz CT molecular complexity index is 1500. The standard InChI is InChI=1S/C22H18ClN3O2.C2H6/c1-24(2)9-10-25-21(27)17-12-14(23)11-16-19-15-6-4-3-5-13(15)7-8-18(19)26(20(16)17)22(25)28;1-2/h3-8,11-12H,9-10H2,1-2H3;1-2H3. The maximum absolute atomic E-state index is 13.3. The lowest BCUT2D eigenvalue weighted by Crippen LogP contribution is -2.39. The number of halogens is 1. The molecule has 30 heavy (non-hydrogen) atoms. The smallest absolute Gasteiger partial charge is 0.308 e. The zero-order valence-electron chi connectivity index (χ0n) is 17.6. The van der Waals surface area contributed by atoms with Gasteiger partial charge >= 0.3 is 5.69 Å². The Kier molecular flexibility index (Phi) is 5.26. The Balaban J connectivity index is 0.00000106. The normalized spacial score (nSPS) is 11.7. The molecule has 5 rings (SSSR count). The van der Waals surface area contributed by atoms with E-state index in [9.17, 15) is 9.59 Å². The molecule has 0 amide bonds. The van der Waals surface area contributed by atoms with Crippen molar-refractivity contribution in [3.8, 4) is 0 Å². The fourth-order valence-corrected chi connectivity index (χ4v) is 4.31. The van der Waals surface area contributed by atoms with E-state index < -0.39 is 0 Å². The van der Waals surface area contributed by atoms with Gasteiger partial charge in [0.1, 0.15) is 0 Å². The average Bonchev–Trinajstić information content (AvgIpc) is 3.08. The zero-order valence-corrected chi connectivity index (χ0v) is 18.3. The van der Waals surface area contributed by atoms with Gasteiger partial charge in [-0.3, -0.25) is 13.8 Å². The second-order valence-corrected chi connectivity index (χ2v) is 7.84. The number of hydrogen-bond acceptors (Lipinski definition) is 3. The minimum atomic E-state index is -0.308. The second kappa shape index (κ2) is 7.74. The molecule has 0 aliphatic rings. The summed E-state index contributed by atoms with van der Waals surface area (Å²) < 4.78 is 2.98. The fourth-order valence-electron chi connectivity index (χ4n) is 4.09. The van der Waals surface area contributed by atoms with Crippen LogP contribution in [0.1, 0.15) is 13.8 Å². The molecule has 5 aromatic rings. The summed E-state index contributed by atoms with van der Waals surface area (Å²) in [6.07, 6.45) is 0. The first-order valence-electron chi connectivity index (χ1n) is 10.1. The van der Waals surface area contributed by atoms with Gasteiger partial charge in [0, 0.05) is 28.9 Å². The molecular formula is C24H24ClN3O2. The van der Waals surface area contributed by atoms with E-state index in [2.05, 4.69) is 0 Å². The molecular weight excluding hydrogens is 398 g/mol. The molecule has 0 spiro atoms. The van der Waals surface area contributed by atoms with Crippen LogP contribution in [0, 0.1) is 0 Å². The summed E-state index contributed by atoms with van der Waals surface area (Å²) in [5.41, 5.74) is 0.840. The summed E-state index contributed by atoms with van der Waals surface area (Å²) in [7, 11) is 3.83. The molecule has 0 N–H and O–H groups in total. The highest BCUT2D eigenvalue weighted by Crippen LogP contribution is 2.36. The SMILES string of the molecule is CC.CN(C)CCn1c(=O)c2cc(Cl)cc3c4c5ccccc5ccc4n(c1=O)c23. The van der Waals surface area contributed by atoms with Crippen molar-refractivity contribution in [2.45, 2.75) is 20.4 Å². The highest BCUT2D eigenvalue weighted by Gasteiger charge is 2.20. The number of benzene rings is 3. The van der Waals surface area contributed by atoms with Crippen molar-refractivity contribution in [2.75, 3.05) is 20.6 Å². The Labute approximate surface area is 179 Å². The van der Waals surface area contributed by atoms with Gasteiger partial charge in [0.15, 0.2) is 0 Å². The molecule has 0 radical (unpaired) electrons. The number of nitrogens with zero attached hydrogens (tertiary/aromatic N) is 3. The molecule has 0 aliphatic heterocycles. The first-order valence-corrected chi connectivity index (χ1v) is 10.5. The van der Waals surface area contributed by atoms with Gasteiger partial charge in [-0.05, 0) is 43.1 Å². The molecule has 0 aliphatic carbocycles. The van der Waals surface area contributed by atoms with Crippen LogP contribution in [0.25, 0.3) is 38.0 Å². The van der Waals surface area contributed by atoms with Crippen molar-refractivity contribution in [3.63, 3.8) is 0 Å². The van der Waals surface area contributed by atoms with Crippen molar-refractivity contribution in [2.24, 2.45) is 0 Å². The lowest BCUT2D eigenvalue weighted by atomic mass is 10.0. The number of likely N-dealkylation sites (N-methyl/N-ethyl adjacent to an activating group) is 1. The van der Waals surface area contributed by atoms with Crippen LogP contribution in [0.5, 0.6) is 0 Å². The van der Waals surface area contributed by atoms with Crippen LogP contribution in [-0.4, -0.2) is 34.5 Å². The van der Waals surface area contributed by atoms with Gasteiger partial charge in [0.25, 0.3) is 5.56 Å². The van der Waals surface area contributed by atoms with E-state index in [1.54, 1.807) is 10.5 Å². The van der Waals surface area contributed by atoms with Gasteiger partial charge in [-0.1, -0.05) is 55.8 Å². The monoisotopic (exact) mass is 421 g/mol. The minimum Gasteiger partial charge on any atom is -0.308 e. The summed E-state index contributed by atoms with van der Waals surface area (Å²) in [4.78, 5) is 28.4. The Morgan fingerprint density at radius 2 is 1.63 bits per heavy atom. The van der Waals surface area contributed by atoms with Crippen molar-refractivity contribution >= 4 is 49.6 Å². The molecule has 0 fully saturated rings. The van der Waals surface area contributed by atoms with Gasteiger partial charge in [-0.25, -0.2) is 4.79 Å². The van der Waals surface area contributed by atoms with Crippen LogP contribution in [0.3, 0.4) is 0 Å². The van der Waals surface area contributed by atoms with E-state index in [1.165, 1.54) is 4.57 Å². The molecule has 0 unspecified atom stereocenters. The number of fused-ring (bicyclic) bond motifs is 5. The van der Waals surface area contributed by atoms with E-state index in [-0.39, 0.29) is 11.2 Å². The third-order valence-electron chi connectivity index (χ3n) is 5.38. The maximum atomic E-state index is 13.3. The second-order valence-electron chi connectivity index (χ2n) is 7.41. The third kappa shape index (κ3) is 2.97. The van der Waals surface area contributed by atoms with Gasteiger partial charge in [0.2, 0.25) is 0 Å². The lowest BCUT2D eigenvalue weighted by Gasteiger charge is -2.12. The summed E-state index contributed by atoms with van der Waals surface area (Å²) in [6.45, 7) is 4.92. The fraction of sp³-hybridized carbons (Fsp3) is 0.250. The van der Waals surface area contributed by atoms with E-state index in [0.717, 1.165) is 27.1 Å². The van der Waals surface area contributed by atoms with E-state index >= 15 is 0 Å². The zero-order chi connectivity index (χ0) is 21.6. The highest BCUT2D eigenvalue weighted by atomic mass is 35.5. The van der Waals surface area contributed by atoms with Crippen molar-refractivity contribution in [1.29, 1.82) is 0 Å². The average molecular weight is 422 g/mol. The van der Waals surface area contributed by atoms with Gasteiger partial charge in [-0.15, -0.1) is 0 Å². The van der Waals surface area contributed by atoms with Crippen molar-refractivity contribution < 1.29 is 0 Å². The van der Waals surface area contributed by atoms with Gasteiger partial charge in [-0.2, -0.15) is 0 Å². The van der Waals surface area contributed by atoms with Crippen LogP contribution in [0.2, 0.25) is 5.02 Å². The van der Waals surface area contributed by atoms with Crippen LogP contribution >= 0.6 is 11.6 Å². The summed E-state index contributed by atoms with van der Waals surface area (Å²) in [5.74, 6) is 0. The molecule has 154 valence electrons. The van der Waals surface area contributed by atoms with E-state index in [4.69, 9.17) is 11.6 Å². The minimum absolute atomic E-state index is 0.293. The van der Waals surface area contributed by atoms with Gasteiger partial charge < -0.3 is 4.90 Å². The quantitative estimate of drug-likeness (QED) is 0.427. The molecule has 0 saturated carbocycles. The predicted octanol–water partition coefficient (Wildman–Crippen LogP) is 4.60. The molecule has 2 heterocycles. The predicted molar refractivity (Wildman–Crippen MR) is 127 cm³/mol. The number of aromatic nitrogens is 2. The molecule has 0 bridgehead atoms. The highest BCUT2D eigenvalue weighted by molar-refractivity contribution is 6.34. The first kappa shape index (κ1) is 20.4. The maximum Gasteiger partial charge on any atom is 0.336 e. The van der Waals surface area contributed by atoms with Crippen LogP contribution in [-0.2, 0) is 6.54 Å². The van der Waals surface area contributed by atoms with E-state index in [1.807, 2.05) is 75.3 Å². The molecule has 3 aromatic carbocycles. The summed E-state index contributed by atoms with van der Waals surface area (Å²) in [5, 5.41) is 4.87. The van der Waals surface area contributed by atoms with Gasteiger partial charge in [0.05, 0.1) is 16.4 Å². The number of rotatable bonds is 3. The van der Waals surface area contributed by atoms with E-state index in [0.29, 0.717) is 29.0 Å². The van der Waals surface area contributed by atoms with Crippen molar-refractivity contribution in [3.05, 3.63) is 74.4 Å². The lowest BCUT2D eigenvalue weighted by molar-refractivity contribution is 0.376. The largest absolute Gasteiger partial charge is 0.336 e. The van der Waals surface area contributed by atoms with Crippen LogP contribution in [0.4, 0.5) is 0 Å². The molecule has 0 saturated heterocycles. The molecule has 0 atom stereocenters. The Morgan fingerprint density at radius 3 is 2.37 bits per heavy atom. The topological polar surface area (TPSA) is 46.7 Å². The molecule has 5 nitrogen and oxygen atoms in total. The molecule has 6 heteroatoms. The van der Waals surface area contributed by atoms with Crippen LogP contribution in [0.15, 0.2) is 58.1 Å². The Morgan fingerprint density at radius 1 is 0.933 bits per heavy atom. The number of hydrogen-bond donors (Lipinski definition) is 0. The third-order valence-corrected chi connectivity index (χ3v) is 5.60. The van der Waals surface area contributed by atoms with Crippen LogP contribution < -0.4 is 11.2 Å². The summed E-state index contributed by atoms with van der Waals surface area (Å²) >= 11 is 6.39. The Hall–Kier alpha value is -2.89. The summed E-state index contributed by atoms with van der Waals surface area (Å²) in [6, 6.07) is 15.5. The van der Waals surface area contributed by atoms with Crippen molar-refractivity contribution in [1.82, 2.24) is 13.9 Å². The first-order chi connectivity index (χ1) is 14.5. The molecule has 2 aromatic heterocycles.